The molecule has 1 nitrogen and oxygen atoms in total. The van der Waals surface area contributed by atoms with E-state index >= 15 is 0 Å². The van der Waals surface area contributed by atoms with E-state index in [1.807, 2.05) is 0 Å². The van der Waals surface area contributed by atoms with Crippen LogP contribution in [0.15, 0.2) is 42.5 Å². The zero-order valence-corrected chi connectivity index (χ0v) is 10.2. The van der Waals surface area contributed by atoms with Crippen LogP contribution in [0.5, 0.6) is 0 Å². The first-order chi connectivity index (χ1) is 7.68. The van der Waals surface area contributed by atoms with Gasteiger partial charge in [-0.05, 0) is 24.8 Å². The quantitative estimate of drug-likeness (QED) is 0.696. The van der Waals surface area contributed by atoms with Gasteiger partial charge >= 0.3 is 0 Å². The zero-order valence-electron chi connectivity index (χ0n) is 10.2. The second kappa shape index (κ2) is 4.42. The number of benzene rings is 1. The summed E-state index contributed by atoms with van der Waals surface area (Å²) in [6.07, 6.45) is 2.02. The molecule has 0 aromatic heterocycles. The second-order valence-electron chi connectivity index (χ2n) is 4.73. The van der Waals surface area contributed by atoms with E-state index in [0.717, 1.165) is 19.4 Å². The summed E-state index contributed by atoms with van der Waals surface area (Å²) in [4.78, 5) is 0. The van der Waals surface area contributed by atoms with E-state index in [4.69, 9.17) is 4.74 Å². The van der Waals surface area contributed by atoms with Crippen LogP contribution in [0.3, 0.4) is 0 Å². The van der Waals surface area contributed by atoms with Crippen LogP contribution in [0.2, 0.25) is 0 Å². The maximum absolute atomic E-state index is 6.06. The molecule has 1 aliphatic rings. The second-order valence-corrected chi connectivity index (χ2v) is 4.73. The van der Waals surface area contributed by atoms with E-state index < -0.39 is 0 Å². The summed E-state index contributed by atoms with van der Waals surface area (Å²) in [5.41, 5.74) is 2.49. The fourth-order valence-electron chi connectivity index (χ4n) is 2.68. The largest absolute Gasteiger partial charge is 0.370 e. The highest BCUT2D eigenvalue weighted by Gasteiger charge is 2.41. The lowest BCUT2D eigenvalue weighted by Gasteiger charge is -2.29. The molecule has 1 heteroatoms. The molecule has 0 saturated heterocycles. The third-order valence-electron chi connectivity index (χ3n) is 3.57. The maximum atomic E-state index is 6.06. The van der Waals surface area contributed by atoms with Gasteiger partial charge in [-0.2, -0.15) is 0 Å². The molecule has 0 aliphatic heterocycles. The highest BCUT2D eigenvalue weighted by Crippen LogP contribution is 2.47. The van der Waals surface area contributed by atoms with Gasteiger partial charge < -0.3 is 4.74 Å². The Balaban J connectivity index is 2.34. The van der Waals surface area contributed by atoms with Gasteiger partial charge in [0.25, 0.3) is 0 Å². The normalized spacial score (nSPS) is 29.6. The standard InChI is InChI=1S/C15H20O/c1-4-16-15(10-12(2)13(3)11-15)14-8-6-5-7-9-14/h5-9,13H,2,4,10-11H2,1,3H3/t13-,15+/m1/s1. The number of ether oxygens (including phenoxy) is 1. The molecular formula is C15H20O. The number of hydrogen-bond acceptors (Lipinski definition) is 1. The molecule has 1 saturated carbocycles. The Hall–Kier alpha value is -1.08. The molecule has 2 atom stereocenters. The molecule has 2 rings (SSSR count). The van der Waals surface area contributed by atoms with Crippen LogP contribution >= 0.6 is 0 Å². The Morgan fingerprint density at radius 3 is 2.56 bits per heavy atom. The van der Waals surface area contributed by atoms with Crippen LogP contribution in [0.4, 0.5) is 0 Å². The van der Waals surface area contributed by atoms with Gasteiger partial charge in [0, 0.05) is 13.0 Å². The van der Waals surface area contributed by atoms with Crippen LogP contribution in [0.1, 0.15) is 32.3 Å². The Morgan fingerprint density at radius 1 is 1.38 bits per heavy atom. The smallest absolute Gasteiger partial charge is 0.0973 e. The molecule has 0 spiro atoms. The maximum Gasteiger partial charge on any atom is 0.0973 e. The molecular weight excluding hydrogens is 196 g/mol. The summed E-state index contributed by atoms with van der Waals surface area (Å²) in [6.45, 7) is 9.23. The summed E-state index contributed by atoms with van der Waals surface area (Å²) in [6, 6.07) is 10.6. The molecule has 0 bridgehead atoms. The van der Waals surface area contributed by atoms with Gasteiger partial charge in [0.05, 0.1) is 5.60 Å². The molecule has 0 amide bonds. The Bertz CT molecular complexity index is 368. The monoisotopic (exact) mass is 216 g/mol. The summed E-state index contributed by atoms with van der Waals surface area (Å²) in [7, 11) is 0. The summed E-state index contributed by atoms with van der Waals surface area (Å²) < 4.78 is 6.06. The zero-order chi connectivity index (χ0) is 11.6. The van der Waals surface area contributed by atoms with Gasteiger partial charge in [-0.25, -0.2) is 0 Å². The van der Waals surface area contributed by atoms with Gasteiger partial charge in [-0.3, -0.25) is 0 Å². The van der Waals surface area contributed by atoms with Gasteiger partial charge in [-0.15, -0.1) is 0 Å². The van der Waals surface area contributed by atoms with Crippen molar-refractivity contribution in [3.8, 4) is 0 Å². The first kappa shape index (κ1) is 11.4. The van der Waals surface area contributed by atoms with Crippen molar-refractivity contribution in [2.24, 2.45) is 5.92 Å². The van der Waals surface area contributed by atoms with Gasteiger partial charge in [0.2, 0.25) is 0 Å². The van der Waals surface area contributed by atoms with Crippen LogP contribution in [0, 0.1) is 5.92 Å². The van der Waals surface area contributed by atoms with Crippen molar-refractivity contribution in [1.82, 2.24) is 0 Å². The minimum atomic E-state index is -0.119. The average molecular weight is 216 g/mol. The van der Waals surface area contributed by atoms with Gasteiger partial charge in [0.1, 0.15) is 0 Å². The Morgan fingerprint density at radius 2 is 2.06 bits per heavy atom. The van der Waals surface area contributed by atoms with Crippen LogP contribution in [0.25, 0.3) is 0 Å². The van der Waals surface area contributed by atoms with E-state index in [1.165, 1.54) is 11.1 Å². The third-order valence-corrected chi connectivity index (χ3v) is 3.57. The van der Waals surface area contributed by atoms with Crippen molar-refractivity contribution in [1.29, 1.82) is 0 Å². The molecule has 1 aliphatic carbocycles. The lowest BCUT2D eigenvalue weighted by atomic mass is 9.91. The molecule has 0 unspecified atom stereocenters. The van der Waals surface area contributed by atoms with E-state index in [2.05, 4.69) is 50.8 Å². The lowest BCUT2D eigenvalue weighted by Crippen LogP contribution is -2.26. The highest BCUT2D eigenvalue weighted by atomic mass is 16.5. The SMILES string of the molecule is C=C1C[C@@](OCC)(c2ccccc2)C[C@H]1C. The van der Waals surface area contributed by atoms with E-state index in [1.54, 1.807) is 0 Å². The van der Waals surface area contributed by atoms with Crippen molar-refractivity contribution in [3.63, 3.8) is 0 Å². The number of rotatable bonds is 3. The van der Waals surface area contributed by atoms with Crippen molar-refractivity contribution in [3.05, 3.63) is 48.0 Å². The lowest BCUT2D eigenvalue weighted by molar-refractivity contribution is -0.0399. The molecule has 1 aromatic carbocycles. The number of hydrogen-bond donors (Lipinski definition) is 0. The van der Waals surface area contributed by atoms with Gasteiger partial charge in [0.15, 0.2) is 0 Å². The molecule has 0 radical (unpaired) electrons. The van der Waals surface area contributed by atoms with E-state index in [0.29, 0.717) is 5.92 Å². The minimum absolute atomic E-state index is 0.119. The van der Waals surface area contributed by atoms with Crippen LogP contribution in [-0.4, -0.2) is 6.61 Å². The fourth-order valence-corrected chi connectivity index (χ4v) is 2.68. The first-order valence-corrected chi connectivity index (χ1v) is 6.05. The van der Waals surface area contributed by atoms with Crippen molar-refractivity contribution in [2.75, 3.05) is 6.61 Å². The van der Waals surface area contributed by atoms with Gasteiger partial charge in [-0.1, -0.05) is 49.4 Å². The Labute approximate surface area is 98.1 Å². The first-order valence-electron chi connectivity index (χ1n) is 6.05. The molecule has 16 heavy (non-hydrogen) atoms. The van der Waals surface area contributed by atoms with Crippen molar-refractivity contribution in [2.45, 2.75) is 32.3 Å². The Kier molecular flexibility index (Phi) is 3.15. The summed E-state index contributed by atoms with van der Waals surface area (Å²) in [5, 5.41) is 0. The molecule has 0 N–H and O–H groups in total. The highest BCUT2D eigenvalue weighted by molar-refractivity contribution is 5.29. The predicted molar refractivity (Wildman–Crippen MR) is 67.3 cm³/mol. The third kappa shape index (κ3) is 1.92. The van der Waals surface area contributed by atoms with Crippen molar-refractivity contribution < 1.29 is 4.74 Å². The molecule has 1 fully saturated rings. The van der Waals surface area contributed by atoms with Crippen molar-refractivity contribution >= 4 is 0 Å². The van der Waals surface area contributed by atoms with Crippen LogP contribution in [-0.2, 0) is 10.3 Å². The van der Waals surface area contributed by atoms with E-state index in [-0.39, 0.29) is 5.60 Å². The molecule has 1 aromatic rings. The topological polar surface area (TPSA) is 9.23 Å². The summed E-state index contributed by atoms with van der Waals surface area (Å²) >= 11 is 0. The fraction of sp³-hybridized carbons (Fsp3) is 0.467. The van der Waals surface area contributed by atoms with E-state index in [9.17, 15) is 0 Å². The average Bonchev–Trinajstić information content (AvgIpc) is 2.57. The van der Waals surface area contributed by atoms with Crippen LogP contribution < -0.4 is 0 Å². The minimum Gasteiger partial charge on any atom is -0.370 e. The molecule has 0 heterocycles. The predicted octanol–water partition coefficient (Wildman–Crippen LogP) is 3.90. The molecule has 86 valence electrons. The summed E-state index contributed by atoms with van der Waals surface area (Å²) in [5.74, 6) is 0.562.